The van der Waals surface area contributed by atoms with Gasteiger partial charge >= 0.3 is 12.1 Å². The molecular formula is C35H38N2O6. The van der Waals surface area contributed by atoms with E-state index in [0.717, 1.165) is 53.8 Å². The van der Waals surface area contributed by atoms with E-state index in [4.69, 9.17) is 18.9 Å². The Balaban J connectivity index is 1.24. The highest BCUT2D eigenvalue weighted by atomic mass is 16.6. The molecule has 1 aliphatic carbocycles. The second kappa shape index (κ2) is 14.1. The fourth-order valence-electron chi connectivity index (χ4n) is 5.48. The summed E-state index contributed by atoms with van der Waals surface area (Å²) >= 11 is 0. The van der Waals surface area contributed by atoms with Crippen LogP contribution in [0.15, 0.2) is 71.1 Å². The van der Waals surface area contributed by atoms with E-state index in [1.54, 1.807) is 12.1 Å². The average molecular weight is 583 g/mol. The molecule has 8 heteroatoms. The third kappa shape index (κ3) is 7.83. The molecule has 3 aromatic carbocycles. The lowest BCUT2D eigenvalue weighted by Gasteiger charge is -2.23. The number of aromatic nitrogens is 1. The first-order chi connectivity index (χ1) is 20.9. The minimum absolute atomic E-state index is 0.0665. The minimum Gasteiger partial charge on any atom is -0.493 e. The number of carboxylic acid groups (broad SMARTS) is 1. The van der Waals surface area contributed by atoms with Gasteiger partial charge in [0.05, 0.1) is 12.3 Å². The van der Waals surface area contributed by atoms with Gasteiger partial charge in [0, 0.05) is 30.0 Å². The lowest BCUT2D eigenvalue weighted by Crippen LogP contribution is -2.38. The van der Waals surface area contributed by atoms with Gasteiger partial charge in [0.2, 0.25) is 5.89 Å². The zero-order chi connectivity index (χ0) is 30.2. The quantitative estimate of drug-likeness (QED) is 0.187. The maximum absolute atomic E-state index is 12.8. The molecule has 2 N–H and O–H groups in total. The summed E-state index contributed by atoms with van der Waals surface area (Å²) in [5, 5.41) is 12.2. The largest absolute Gasteiger partial charge is 0.493 e. The molecule has 0 spiro atoms. The molecule has 224 valence electrons. The van der Waals surface area contributed by atoms with Crippen LogP contribution in [0.3, 0.4) is 0 Å². The van der Waals surface area contributed by atoms with E-state index >= 15 is 0 Å². The van der Waals surface area contributed by atoms with Crippen LogP contribution in [0.1, 0.15) is 61.1 Å². The molecule has 0 atom stereocenters. The molecule has 8 nitrogen and oxygen atoms in total. The Labute approximate surface area is 252 Å². The summed E-state index contributed by atoms with van der Waals surface area (Å²) < 4.78 is 17.9. The first kappa shape index (κ1) is 29.9. The van der Waals surface area contributed by atoms with Gasteiger partial charge in [-0.05, 0) is 68.0 Å². The number of oxazole rings is 1. The molecule has 1 aliphatic rings. The molecule has 43 heavy (non-hydrogen) atoms. The van der Waals surface area contributed by atoms with E-state index < -0.39 is 12.1 Å². The van der Waals surface area contributed by atoms with Gasteiger partial charge in [-0.2, -0.15) is 0 Å². The van der Waals surface area contributed by atoms with E-state index in [1.165, 1.54) is 6.42 Å². The lowest BCUT2D eigenvalue weighted by atomic mass is 9.96. The van der Waals surface area contributed by atoms with Crippen LogP contribution in [-0.4, -0.2) is 34.8 Å². The van der Waals surface area contributed by atoms with Crippen LogP contribution in [0.2, 0.25) is 0 Å². The summed E-state index contributed by atoms with van der Waals surface area (Å²) in [6, 6.07) is 22.0. The number of amides is 1. The predicted octanol–water partition coefficient (Wildman–Crippen LogP) is 7.69. The zero-order valence-corrected chi connectivity index (χ0v) is 24.7. The summed E-state index contributed by atoms with van der Waals surface area (Å²) in [4.78, 5) is 28.7. The topological polar surface area (TPSA) is 111 Å². The summed E-state index contributed by atoms with van der Waals surface area (Å²) in [6.07, 6.45) is 5.41. The summed E-state index contributed by atoms with van der Waals surface area (Å²) in [7, 11) is 0. The number of nitrogens with zero attached hydrogens (tertiary/aromatic N) is 1. The van der Waals surface area contributed by atoms with Crippen molar-refractivity contribution in [2.45, 2.75) is 71.3 Å². The molecule has 5 rings (SSSR count). The highest BCUT2D eigenvalue weighted by Gasteiger charge is 2.21. The van der Waals surface area contributed by atoms with E-state index in [9.17, 15) is 14.7 Å². The number of benzene rings is 3. The van der Waals surface area contributed by atoms with E-state index in [-0.39, 0.29) is 18.9 Å². The van der Waals surface area contributed by atoms with Crippen molar-refractivity contribution in [3.63, 3.8) is 0 Å². The fourth-order valence-corrected chi connectivity index (χ4v) is 5.48. The SMILES string of the molecule is Cc1oc(-c2ccc(-c3ccccc3)cc2)nc1CCOc1ccc(CCC(=O)O)c(OC(=O)NC2CCCCC2)c1C. The van der Waals surface area contributed by atoms with Gasteiger partial charge in [0.1, 0.15) is 17.3 Å². The number of carbonyl (C=O) groups excluding carboxylic acids is 1. The average Bonchev–Trinajstić information content (AvgIpc) is 3.39. The van der Waals surface area contributed by atoms with Crippen molar-refractivity contribution in [1.29, 1.82) is 0 Å². The highest BCUT2D eigenvalue weighted by Crippen LogP contribution is 2.33. The van der Waals surface area contributed by atoms with Crippen molar-refractivity contribution in [3.05, 3.63) is 89.3 Å². The Kier molecular flexibility index (Phi) is 9.77. The Morgan fingerprint density at radius 1 is 0.907 bits per heavy atom. The number of ether oxygens (including phenoxy) is 2. The number of aliphatic carboxylic acids is 1. The monoisotopic (exact) mass is 582 g/mol. The van der Waals surface area contributed by atoms with Crippen molar-refractivity contribution in [2.75, 3.05) is 6.61 Å². The van der Waals surface area contributed by atoms with Crippen molar-refractivity contribution >= 4 is 12.1 Å². The van der Waals surface area contributed by atoms with Gasteiger partial charge in [0.15, 0.2) is 0 Å². The number of hydrogen-bond donors (Lipinski definition) is 2. The lowest BCUT2D eigenvalue weighted by molar-refractivity contribution is -0.136. The molecule has 1 amide bonds. The van der Waals surface area contributed by atoms with E-state index in [1.807, 2.05) is 44.2 Å². The Bertz CT molecular complexity index is 1540. The standard InChI is InChI=1S/C35H38N2O6/c1-23-31(19-17-27(18-20-32(38)39)33(23)43-35(40)36-29-11-7-4-8-12-29)41-22-21-30-24(2)42-34(37-30)28-15-13-26(14-16-28)25-9-5-3-6-10-25/h3,5-6,9-10,13-17,19,29H,4,7-8,11-12,18,20-22H2,1-2H3,(H,36,40)(H,38,39). The molecule has 0 unspecified atom stereocenters. The molecule has 0 aliphatic heterocycles. The number of aryl methyl sites for hydroxylation is 2. The van der Waals surface area contributed by atoms with Crippen LogP contribution < -0.4 is 14.8 Å². The number of nitrogens with one attached hydrogen (secondary N) is 1. The maximum Gasteiger partial charge on any atom is 0.412 e. The second-order valence-corrected chi connectivity index (χ2v) is 11.0. The van der Waals surface area contributed by atoms with E-state index in [0.29, 0.717) is 41.5 Å². The predicted molar refractivity (Wildman–Crippen MR) is 164 cm³/mol. The number of carbonyl (C=O) groups is 2. The normalized spacial score (nSPS) is 13.4. The first-order valence-corrected chi connectivity index (χ1v) is 14.9. The van der Waals surface area contributed by atoms with Crippen LogP contribution in [0.25, 0.3) is 22.6 Å². The highest BCUT2D eigenvalue weighted by molar-refractivity contribution is 5.73. The third-order valence-corrected chi connectivity index (χ3v) is 7.90. The molecule has 0 saturated heterocycles. The van der Waals surface area contributed by atoms with Crippen LogP contribution in [-0.2, 0) is 17.6 Å². The molecule has 1 fully saturated rings. The molecule has 1 saturated carbocycles. The molecule has 1 heterocycles. The molecule has 0 bridgehead atoms. The van der Waals surface area contributed by atoms with Gasteiger partial charge in [0.25, 0.3) is 0 Å². The van der Waals surface area contributed by atoms with Crippen LogP contribution in [0.4, 0.5) is 4.79 Å². The van der Waals surface area contributed by atoms with Crippen LogP contribution >= 0.6 is 0 Å². The maximum atomic E-state index is 12.8. The second-order valence-electron chi connectivity index (χ2n) is 11.0. The van der Waals surface area contributed by atoms with Gasteiger partial charge in [-0.3, -0.25) is 4.79 Å². The fraction of sp³-hybridized carbons (Fsp3) is 0.343. The summed E-state index contributed by atoms with van der Waals surface area (Å²) in [5.74, 6) is 1.30. The Morgan fingerprint density at radius 3 is 2.33 bits per heavy atom. The number of rotatable bonds is 11. The zero-order valence-electron chi connectivity index (χ0n) is 24.7. The molecule has 0 radical (unpaired) electrons. The van der Waals surface area contributed by atoms with Crippen molar-refractivity contribution in [2.24, 2.45) is 0 Å². The number of carboxylic acids is 1. The van der Waals surface area contributed by atoms with Gasteiger partial charge in [-0.15, -0.1) is 0 Å². The van der Waals surface area contributed by atoms with Crippen molar-refractivity contribution in [1.82, 2.24) is 10.3 Å². The Morgan fingerprint density at radius 2 is 1.60 bits per heavy atom. The summed E-state index contributed by atoms with van der Waals surface area (Å²) in [5.41, 5.74) is 5.29. The molecular weight excluding hydrogens is 544 g/mol. The smallest absolute Gasteiger partial charge is 0.412 e. The third-order valence-electron chi connectivity index (χ3n) is 7.90. The van der Waals surface area contributed by atoms with Crippen molar-refractivity contribution in [3.8, 4) is 34.1 Å². The van der Waals surface area contributed by atoms with Gasteiger partial charge in [-0.1, -0.05) is 67.8 Å². The Hall–Kier alpha value is -4.59. The van der Waals surface area contributed by atoms with Crippen molar-refractivity contribution < 1.29 is 28.6 Å². The van der Waals surface area contributed by atoms with Crippen LogP contribution in [0, 0.1) is 13.8 Å². The molecule has 4 aromatic rings. The summed E-state index contributed by atoms with van der Waals surface area (Å²) in [6.45, 7) is 4.05. The van der Waals surface area contributed by atoms with Crippen LogP contribution in [0.5, 0.6) is 11.5 Å². The molecule has 1 aromatic heterocycles. The minimum atomic E-state index is -0.912. The van der Waals surface area contributed by atoms with Gasteiger partial charge < -0.3 is 24.3 Å². The van der Waals surface area contributed by atoms with E-state index in [2.05, 4.69) is 29.6 Å². The van der Waals surface area contributed by atoms with Gasteiger partial charge in [-0.25, -0.2) is 9.78 Å². The number of hydrogen-bond acceptors (Lipinski definition) is 6. The first-order valence-electron chi connectivity index (χ1n) is 14.9.